The molecule has 3 heterocycles. The number of carboxylic acids is 1. The third kappa shape index (κ3) is 4.99. The number of aliphatic carboxylic acids is 1. The van der Waals surface area contributed by atoms with Gasteiger partial charge in [0.25, 0.3) is 0 Å². The topological polar surface area (TPSA) is 111 Å². The van der Waals surface area contributed by atoms with Crippen LogP contribution in [0.15, 0.2) is 42.7 Å². The van der Waals surface area contributed by atoms with Crippen molar-refractivity contribution < 1.29 is 15.0 Å². The maximum Gasteiger partial charge on any atom is 0.307 e. The molecule has 0 saturated carbocycles. The lowest BCUT2D eigenvalue weighted by Gasteiger charge is -2.12. The summed E-state index contributed by atoms with van der Waals surface area (Å²) in [6.45, 7) is 0.581. The van der Waals surface area contributed by atoms with Crippen molar-refractivity contribution in [1.29, 1.82) is 0 Å². The number of carbonyl (C=O) groups is 1. The largest absolute Gasteiger partial charge is 0.481 e. The van der Waals surface area contributed by atoms with Crippen LogP contribution in [0.1, 0.15) is 5.56 Å². The van der Waals surface area contributed by atoms with Crippen molar-refractivity contribution in [2.24, 2.45) is 0 Å². The van der Waals surface area contributed by atoms with E-state index < -0.39 is 5.97 Å². The fourth-order valence-corrected chi connectivity index (χ4v) is 3.28. The number of anilines is 3. The maximum absolute atomic E-state index is 10.9. The first kappa shape index (κ1) is 18.7. The van der Waals surface area contributed by atoms with Crippen molar-refractivity contribution >= 4 is 34.1 Å². The van der Waals surface area contributed by atoms with Crippen molar-refractivity contribution in [1.82, 2.24) is 15.0 Å². The number of carboxylic acid groups (broad SMARTS) is 1. The number of rotatable bonds is 8. The van der Waals surface area contributed by atoms with Gasteiger partial charge in [-0.1, -0.05) is 17.4 Å². The molecular formula is C18H19N5O3S. The van der Waals surface area contributed by atoms with Crippen LogP contribution in [0.25, 0.3) is 10.6 Å². The van der Waals surface area contributed by atoms with E-state index in [2.05, 4.69) is 20.3 Å². The van der Waals surface area contributed by atoms with Gasteiger partial charge in [0.05, 0.1) is 23.6 Å². The molecule has 3 aromatic rings. The standard InChI is InChI=1S/C18H19N5O3S/c1-23(7-8-24)18-20-11-14(27-18)13-3-2-4-15(21-13)22-16-9-12(5-6-19-16)10-17(25)26/h2-6,9,11,24H,7-8,10H2,1H3,(H,25,26)(H,19,21,22). The van der Waals surface area contributed by atoms with Crippen molar-refractivity contribution in [3.05, 3.63) is 48.3 Å². The first-order valence-corrected chi connectivity index (χ1v) is 9.06. The number of aromatic nitrogens is 3. The number of likely N-dealkylation sites (N-methyl/N-ethyl adjacent to an activating group) is 1. The molecule has 0 amide bonds. The minimum atomic E-state index is -0.889. The van der Waals surface area contributed by atoms with Gasteiger partial charge in [0, 0.05) is 26.0 Å². The Morgan fingerprint density at radius 1 is 1.26 bits per heavy atom. The van der Waals surface area contributed by atoms with Crippen LogP contribution in [-0.4, -0.2) is 51.3 Å². The van der Waals surface area contributed by atoms with Crippen LogP contribution in [-0.2, 0) is 11.2 Å². The molecule has 0 aliphatic rings. The van der Waals surface area contributed by atoms with Crippen LogP contribution in [0.2, 0.25) is 0 Å². The van der Waals surface area contributed by atoms with Crippen LogP contribution in [0.5, 0.6) is 0 Å². The summed E-state index contributed by atoms with van der Waals surface area (Å²) >= 11 is 1.49. The van der Waals surface area contributed by atoms with E-state index in [1.54, 1.807) is 24.5 Å². The number of nitrogens with one attached hydrogen (secondary N) is 1. The maximum atomic E-state index is 10.9. The molecule has 27 heavy (non-hydrogen) atoms. The van der Waals surface area contributed by atoms with Crippen molar-refractivity contribution in [3.63, 3.8) is 0 Å². The first-order valence-electron chi connectivity index (χ1n) is 8.24. The first-order chi connectivity index (χ1) is 13.0. The second kappa shape index (κ2) is 8.56. The molecule has 3 N–H and O–H groups in total. The highest BCUT2D eigenvalue weighted by Gasteiger charge is 2.10. The summed E-state index contributed by atoms with van der Waals surface area (Å²) in [5.74, 6) is 0.247. The van der Waals surface area contributed by atoms with Crippen LogP contribution in [0.3, 0.4) is 0 Å². The highest BCUT2D eigenvalue weighted by molar-refractivity contribution is 7.18. The third-order valence-electron chi connectivity index (χ3n) is 3.69. The van der Waals surface area contributed by atoms with E-state index in [9.17, 15) is 4.79 Å². The molecule has 0 unspecified atom stereocenters. The SMILES string of the molecule is CN(CCO)c1ncc(-c2cccc(Nc3cc(CC(=O)O)ccn3)n2)s1. The summed E-state index contributed by atoms with van der Waals surface area (Å²) in [5.41, 5.74) is 1.43. The number of thiazole rings is 1. The monoisotopic (exact) mass is 385 g/mol. The Morgan fingerprint density at radius 2 is 2.11 bits per heavy atom. The van der Waals surface area contributed by atoms with E-state index in [0.717, 1.165) is 15.7 Å². The lowest BCUT2D eigenvalue weighted by atomic mass is 10.2. The summed E-state index contributed by atoms with van der Waals surface area (Å²) in [6, 6.07) is 8.95. The van der Waals surface area contributed by atoms with Crippen LogP contribution >= 0.6 is 11.3 Å². The summed E-state index contributed by atoms with van der Waals surface area (Å²) < 4.78 is 0. The predicted octanol–water partition coefficient (Wildman–Crippen LogP) is 2.40. The average molecular weight is 385 g/mol. The van der Waals surface area contributed by atoms with Gasteiger partial charge in [-0.25, -0.2) is 15.0 Å². The van der Waals surface area contributed by atoms with E-state index in [0.29, 0.717) is 23.7 Å². The normalized spacial score (nSPS) is 10.6. The molecule has 3 aromatic heterocycles. The molecule has 0 saturated heterocycles. The summed E-state index contributed by atoms with van der Waals surface area (Å²) in [5, 5.41) is 21.9. The van der Waals surface area contributed by atoms with Crippen molar-refractivity contribution in [2.75, 3.05) is 30.4 Å². The average Bonchev–Trinajstić information content (AvgIpc) is 3.12. The van der Waals surface area contributed by atoms with Gasteiger partial charge >= 0.3 is 5.97 Å². The number of hydrogen-bond donors (Lipinski definition) is 3. The van der Waals surface area contributed by atoms with Gasteiger partial charge in [-0.3, -0.25) is 4.79 Å². The molecule has 0 radical (unpaired) electrons. The molecule has 0 atom stereocenters. The number of hydrogen-bond acceptors (Lipinski definition) is 8. The zero-order valence-corrected chi connectivity index (χ0v) is 15.5. The molecule has 3 rings (SSSR count). The quantitative estimate of drug-likeness (QED) is 0.542. The number of nitrogens with zero attached hydrogens (tertiary/aromatic N) is 4. The van der Waals surface area contributed by atoms with E-state index in [4.69, 9.17) is 10.2 Å². The number of aliphatic hydroxyl groups is 1. The zero-order chi connectivity index (χ0) is 19.2. The Kier molecular flexibility index (Phi) is 5.94. The molecular weight excluding hydrogens is 366 g/mol. The van der Waals surface area contributed by atoms with E-state index >= 15 is 0 Å². The highest BCUT2D eigenvalue weighted by Crippen LogP contribution is 2.30. The molecule has 0 bridgehead atoms. The zero-order valence-electron chi connectivity index (χ0n) is 14.7. The Labute approximate surface area is 160 Å². The lowest BCUT2D eigenvalue weighted by molar-refractivity contribution is -0.136. The second-order valence-electron chi connectivity index (χ2n) is 5.81. The van der Waals surface area contributed by atoms with Gasteiger partial charge in [-0.2, -0.15) is 0 Å². The van der Waals surface area contributed by atoms with Crippen LogP contribution in [0, 0.1) is 0 Å². The smallest absolute Gasteiger partial charge is 0.307 e. The molecule has 0 aromatic carbocycles. The number of aliphatic hydroxyl groups excluding tert-OH is 1. The van der Waals surface area contributed by atoms with Crippen LogP contribution in [0.4, 0.5) is 16.8 Å². The van der Waals surface area contributed by atoms with Gasteiger partial charge in [0.15, 0.2) is 5.13 Å². The van der Waals surface area contributed by atoms with Gasteiger partial charge in [-0.15, -0.1) is 0 Å². The third-order valence-corrected chi connectivity index (χ3v) is 4.83. The Hall–Kier alpha value is -3.04. The molecule has 0 aliphatic heterocycles. The van der Waals surface area contributed by atoms with E-state index in [-0.39, 0.29) is 13.0 Å². The molecule has 0 spiro atoms. The van der Waals surface area contributed by atoms with Gasteiger partial charge < -0.3 is 20.4 Å². The van der Waals surface area contributed by atoms with Gasteiger partial charge in [0.2, 0.25) is 0 Å². The molecule has 9 heteroatoms. The fraction of sp³-hybridized carbons (Fsp3) is 0.222. The van der Waals surface area contributed by atoms with E-state index in [1.165, 1.54) is 11.3 Å². The Balaban J connectivity index is 1.77. The van der Waals surface area contributed by atoms with E-state index in [1.807, 2.05) is 30.1 Å². The summed E-state index contributed by atoms with van der Waals surface area (Å²) in [4.78, 5) is 26.8. The minimum absolute atomic E-state index is 0.0599. The van der Waals surface area contributed by atoms with Gasteiger partial charge in [-0.05, 0) is 29.8 Å². The summed E-state index contributed by atoms with van der Waals surface area (Å²) in [7, 11) is 1.88. The van der Waals surface area contributed by atoms with Gasteiger partial charge in [0.1, 0.15) is 11.6 Å². The molecule has 140 valence electrons. The minimum Gasteiger partial charge on any atom is -0.481 e. The van der Waals surface area contributed by atoms with Crippen molar-refractivity contribution in [2.45, 2.75) is 6.42 Å². The van der Waals surface area contributed by atoms with Crippen molar-refractivity contribution in [3.8, 4) is 10.6 Å². The molecule has 0 fully saturated rings. The summed E-state index contributed by atoms with van der Waals surface area (Å²) in [6.07, 6.45) is 3.26. The fourth-order valence-electron chi connectivity index (χ4n) is 2.41. The molecule has 0 aliphatic carbocycles. The highest BCUT2D eigenvalue weighted by atomic mass is 32.1. The lowest BCUT2D eigenvalue weighted by Crippen LogP contribution is -2.20. The van der Waals surface area contributed by atoms with Crippen LogP contribution < -0.4 is 10.2 Å². The second-order valence-corrected chi connectivity index (χ2v) is 6.81. The molecule has 8 nitrogen and oxygen atoms in total. The Morgan fingerprint density at radius 3 is 2.89 bits per heavy atom. The number of pyridine rings is 2. The predicted molar refractivity (Wildman–Crippen MR) is 105 cm³/mol. The Bertz CT molecular complexity index is 931.